The van der Waals surface area contributed by atoms with Crippen molar-refractivity contribution >= 4 is 5.91 Å². The van der Waals surface area contributed by atoms with E-state index in [4.69, 9.17) is 0 Å². The Hall–Kier alpha value is -0.570. The van der Waals surface area contributed by atoms with Gasteiger partial charge >= 0.3 is 0 Å². The van der Waals surface area contributed by atoms with Gasteiger partial charge in [0.2, 0.25) is 5.91 Å². The smallest absolute Gasteiger partial charge is 0.237 e. The van der Waals surface area contributed by atoms with Crippen molar-refractivity contribution in [1.82, 2.24) is 10.6 Å². The first-order chi connectivity index (χ1) is 5.11. The molecule has 1 fully saturated rings. The molecular weight excluding hydrogens is 140 g/mol. The van der Waals surface area contributed by atoms with Crippen LogP contribution in [0.3, 0.4) is 0 Å². The van der Waals surface area contributed by atoms with Gasteiger partial charge in [-0.15, -0.1) is 0 Å². The molecule has 0 aliphatic carbocycles. The van der Waals surface area contributed by atoms with E-state index in [-0.39, 0.29) is 11.9 Å². The Morgan fingerprint density at radius 3 is 2.64 bits per heavy atom. The first-order valence-corrected chi connectivity index (χ1v) is 4.15. The first kappa shape index (κ1) is 8.53. The summed E-state index contributed by atoms with van der Waals surface area (Å²) >= 11 is 0. The van der Waals surface area contributed by atoms with E-state index in [1.54, 1.807) is 0 Å². The van der Waals surface area contributed by atoms with Gasteiger partial charge in [0, 0.05) is 12.6 Å². The van der Waals surface area contributed by atoms with Crippen LogP contribution in [0.5, 0.6) is 0 Å². The van der Waals surface area contributed by atoms with Crippen LogP contribution in [0.25, 0.3) is 0 Å². The average Bonchev–Trinajstić information content (AvgIpc) is 1.94. The Balaban J connectivity index is 2.54. The van der Waals surface area contributed by atoms with Crippen LogP contribution in [0.1, 0.15) is 20.8 Å². The molecule has 1 saturated heterocycles. The standard InChI is InChI=1S/C8H16N2O/c1-5(2)7-8(11)9-4-6(3)10-7/h5-7,10H,4H2,1-3H3,(H,9,11)/t6?,7-/m0/s1. The van der Waals surface area contributed by atoms with Crippen LogP contribution < -0.4 is 10.6 Å². The molecule has 3 nitrogen and oxygen atoms in total. The quantitative estimate of drug-likeness (QED) is 0.566. The number of hydrogen-bond donors (Lipinski definition) is 2. The number of carbonyl (C=O) groups is 1. The molecule has 0 aromatic heterocycles. The van der Waals surface area contributed by atoms with Gasteiger partial charge in [0.25, 0.3) is 0 Å². The van der Waals surface area contributed by atoms with Gasteiger partial charge in [-0.25, -0.2) is 0 Å². The lowest BCUT2D eigenvalue weighted by Gasteiger charge is -2.30. The average molecular weight is 156 g/mol. The van der Waals surface area contributed by atoms with Crippen molar-refractivity contribution in [3.63, 3.8) is 0 Å². The molecule has 2 N–H and O–H groups in total. The summed E-state index contributed by atoms with van der Waals surface area (Å²) in [6, 6.07) is 0.402. The second kappa shape index (κ2) is 3.22. The second-order valence-corrected chi connectivity index (χ2v) is 3.53. The van der Waals surface area contributed by atoms with E-state index in [1.807, 2.05) is 0 Å². The molecule has 2 atom stereocenters. The summed E-state index contributed by atoms with van der Waals surface area (Å²) in [5.74, 6) is 0.510. The number of hydrogen-bond acceptors (Lipinski definition) is 2. The summed E-state index contributed by atoms with van der Waals surface area (Å²) in [7, 11) is 0. The summed E-state index contributed by atoms with van der Waals surface area (Å²) in [5.41, 5.74) is 0. The number of rotatable bonds is 1. The highest BCUT2D eigenvalue weighted by Gasteiger charge is 2.27. The van der Waals surface area contributed by atoms with Crippen molar-refractivity contribution in [2.45, 2.75) is 32.9 Å². The largest absolute Gasteiger partial charge is 0.353 e. The van der Waals surface area contributed by atoms with Crippen LogP contribution in [0.15, 0.2) is 0 Å². The zero-order chi connectivity index (χ0) is 8.43. The zero-order valence-corrected chi connectivity index (χ0v) is 7.35. The van der Waals surface area contributed by atoms with Crippen molar-refractivity contribution in [2.24, 2.45) is 5.92 Å². The van der Waals surface area contributed by atoms with Gasteiger partial charge in [0.15, 0.2) is 0 Å². The van der Waals surface area contributed by atoms with E-state index < -0.39 is 0 Å². The molecule has 0 bridgehead atoms. The minimum atomic E-state index is -0.00116. The molecule has 0 aromatic carbocycles. The highest BCUT2D eigenvalue weighted by molar-refractivity contribution is 5.82. The molecule has 1 aliphatic rings. The van der Waals surface area contributed by atoms with E-state index >= 15 is 0 Å². The maximum absolute atomic E-state index is 11.2. The molecule has 0 aromatic rings. The predicted molar refractivity (Wildman–Crippen MR) is 44.2 cm³/mol. The van der Waals surface area contributed by atoms with Gasteiger partial charge in [0.05, 0.1) is 6.04 Å². The molecule has 1 heterocycles. The highest BCUT2D eigenvalue weighted by atomic mass is 16.2. The maximum atomic E-state index is 11.2. The summed E-state index contributed by atoms with van der Waals surface area (Å²) in [6.45, 7) is 6.93. The van der Waals surface area contributed by atoms with Crippen molar-refractivity contribution in [2.75, 3.05) is 6.54 Å². The third-order valence-corrected chi connectivity index (χ3v) is 2.00. The topological polar surface area (TPSA) is 41.1 Å². The van der Waals surface area contributed by atoms with Crippen molar-refractivity contribution in [1.29, 1.82) is 0 Å². The third kappa shape index (κ3) is 1.93. The molecule has 64 valence electrons. The van der Waals surface area contributed by atoms with Crippen molar-refractivity contribution in [3.8, 4) is 0 Å². The van der Waals surface area contributed by atoms with Crippen molar-refractivity contribution in [3.05, 3.63) is 0 Å². The molecule has 0 saturated carbocycles. The van der Waals surface area contributed by atoms with Gasteiger partial charge in [0.1, 0.15) is 0 Å². The molecule has 1 aliphatic heterocycles. The Bertz CT molecular complexity index is 156. The molecule has 0 radical (unpaired) electrons. The summed E-state index contributed by atoms with van der Waals surface area (Å²) in [6.07, 6.45) is 0. The van der Waals surface area contributed by atoms with Gasteiger partial charge in [-0.2, -0.15) is 0 Å². The fourth-order valence-corrected chi connectivity index (χ4v) is 1.30. The molecule has 1 rings (SSSR count). The normalized spacial score (nSPS) is 32.2. The van der Waals surface area contributed by atoms with Crippen molar-refractivity contribution < 1.29 is 4.79 Å². The highest BCUT2D eigenvalue weighted by Crippen LogP contribution is 2.05. The predicted octanol–water partition coefficient (Wildman–Crippen LogP) is 0.119. The van der Waals surface area contributed by atoms with Gasteiger partial charge in [-0.3, -0.25) is 4.79 Å². The fourth-order valence-electron chi connectivity index (χ4n) is 1.30. The van der Waals surface area contributed by atoms with Crippen LogP contribution in [-0.4, -0.2) is 24.5 Å². The van der Waals surface area contributed by atoms with Crippen LogP contribution in [-0.2, 0) is 4.79 Å². The molecule has 1 amide bonds. The van der Waals surface area contributed by atoms with Gasteiger partial charge in [-0.05, 0) is 12.8 Å². The molecule has 3 heteroatoms. The maximum Gasteiger partial charge on any atom is 0.237 e. The van der Waals surface area contributed by atoms with E-state index in [0.717, 1.165) is 6.54 Å². The van der Waals surface area contributed by atoms with Crippen LogP contribution >= 0.6 is 0 Å². The van der Waals surface area contributed by atoms with E-state index in [0.29, 0.717) is 12.0 Å². The summed E-state index contributed by atoms with van der Waals surface area (Å²) in [4.78, 5) is 11.2. The Labute approximate surface area is 67.5 Å². The number of nitrogens with one attached hydrogen (secondary N) is 2. The molecule has 0 spiro atoms. The molecular formula is C8H16N2O. The molecule has 1 unspecified atom stereocenters. The minimum Gasteiger partial charge on any atom is -0.353 e. The van der Waals surface area contributed by atoms with Crippen LogP contribution in [0.4, 0.5) is 0 Å². The third-order valence-electron chi connectivity index (χ3n) is 2.00. The van der Waals surface area contributed by atoms with Crippen LogP contribution in [0.2, 0.25) is 0 Å². The molecule has 11 heavy (non-hydrogen) atoms. The minimum absolute atomic E-state index is 0.00116. The first-order valence-electron chi connectivity index (χ1n) is 4.15. The Kier molecular flexibility index (Phi) is 2.49. The van der Waals surface area contributed by atoms with Gasteiger partial charge < -0.3 is 10.6 Å². The fraction of sp³-hybridized carbons (Fsp3) is 0.875. The van der Waals surface area contributed by atoms with E-state index in [9.17, 15) is 4.79 Å². The lowest BCUT2D eigenvalue weighted by atomic mass is 10.0. The lowest BCUT2D eigenvalue weighted by molar-refractivity contribution is -0.126. The second-order valence-electron chi connectivity index (χ2n) is 3.53. The number of carbonyl (C=O) groups excluding carboxylic acids is 1. The monoisotopic (exact) mass is 156 g/mol. The SMILES string of the molecule is CC1CNC(=O)[C@H](C(C)C)N1. The van der Waals surface area contributed by atoms with Gasteiger partial charge in [-0.1, -0.05) is 13.8 Å². The zero-order valence-electron chi connectivity index (χ0n) is 7.35. The summed E-state index contributed by atoms with van der Waals surface area (Å²) in [5, 5.41) is 6.12. The number of amides is 1. The number of piperazine rings is 1. The van der Waals surface area contributed by atoms with E-state index in [2.05, 4.69) is 31.4 Å². The summed E-state index contributed by atoms with van der Waals surface area (Å²) < 4.78 is 0. The Morgan fingerprint density at radius 2 is 2.18 bits per heavy atom. The van der Waals surface area contributed by atoms with E-state index in [1.165, 1.54) is 0 Å². The van der Waals surface area contributed by atoms with Crippen LogP contribution in [0, 0.1) is 5.92 Å². The lowest BCUT2D eigenvalue weighted by Crippen LogP contribution is -2.59. The Morgan fingerprint density at radius 1 is 1.55 bits per heavy atom.